The van der Waals surface area contributed by atoms with E-state index in [1.165, 1.54) is 0 Å². The number of hydrogen-bond acceptors (Lipinski definition) is 2. The van der Waals surface area contributed by atoms with E-state index in [0.717, 1.165) is 35.4 Å². The SMILES string of the molecule is CN1[C@@H]2CC[C@H]1/C(=C\c1cccn1C)C(=O)/C2=C/c1cccn1C. The molecule has 2 fully saturated rings. The van der Waals surface area contributed by atoms with Crippen molar-refractivity contribution in [1.29, 1.82) is 0 Å². The van der Waals surface area contributed by atoms with Gasteiger partial charge in [-0.15, -0.1) is 0 Å². The first-order valence-corrected chi connectivity index (χ1v) is 8.49. The number of aromatic nitrogens is 2. The number of piperidine rings is 1. The molecule has 0 radical (unpaired) electrons. The molecule has 2 aromatic heterocycles. The molecule has 4 heteroatoms. The van der Waals surface area contributed by atoms with Gasteiger partial charge in [-0.1, -0.05) is 0 Å². The van der Waals surface area contributed by atoms with Gasteiger partial charge in [-0.05, 0) is 56.3 Å². The molecule has 0 spiro atoms. The van der Waals surface area contributed by atoms with Gasteiger partial charge in [0.25, 0.3) is 0 Å². The number of fused-ring (bicyclic) bond motifs is 2. The smallest absolute Gasteiger partial charge is 0.188 e. The van der Waals surface area contributed by atoms with Gasteiger partial charge < -0.3 is 9.13 Å². The number of nitrogens with zero attached hydrogens (tertiary/aromatic N) is 3. The highest BCUT2D eigenvalue weighted by molar-refractivity contribution is 6.16. The van der Waals surface area contributed by atoms with Gasteiger partial charge in [0.05, 0.1) is 0 Å². The Morgan fingerprint density at radius 2 is 1.33 bits per heavy atom. The Labute approximate surface area is 142 Å². The molecule has 24 heavy (non-hydrogen) atoms. The van der Waals surface area contributed by atoms with Crippen LogP contribution in [0.5, 0.6) is 0 Å². The minimum Gasteiger partial charge on any atom is -0.351 e. The van der Waals surface area contributed by atoms with Crippen LogP contribution in [0.4, 0.5) is 0 Å². The first-order valence-electron chi connectivity index (χ1n) is 8.49. The van der Waals surface area contributed by atoms with E-state index in [1.54, 1.807) is 0 Å². The number of Topliss-reactive ketones (excluding diaryl/α,β-unsaturated/α-hetero) is 1. The molecule has 2 aliphatic rings. The van der Waals surface area contributed by atoms with E-state index in [4.69, 9.17) is 0 Å². The van der Waals surface area contributed by atoms with Gasteiger partial charge in [0.15, 0.2) is 5.78 Å². The average molecular weight is 321 g/mol. The molecule has 4 heterocycles. The number of carbonyl (C=O) groups is 1. The van der Waals surface area contributed by atoms with Gasteiger partial charge in [-0.3, -0.25) is 9.69 Å². The second-order valence-electron chi connectivity index (χ2n) is 6.89. The minimum atomic E-state index is 0.211. The van der Waals surface area contributed by atoms with Gasteiger partial charge in [-0.25, -0.2) is 0 Å². The summed E-state index contributed by atoms with van der Waals surface area (Å²) in [5.41, 5.74) is 4.01. The van der Waals surface area contributed by atoms with Crippen LogP contribution in [0.15, 0.2) is 47.8 Å². The summed E-state index contributed by atoms with van der Waals surface area (Å²) in [7, 11) is 6.18. The number of hydrogen-bond donors (Lipinski definition) is 0. The largest absolute Gasteiger partial charge is 0.351 e. The number of likely N-dealkylation sites (N-methyl/N-ethyl adjacent to an activating group) is 1. The highest BCUT2D eigenvalue weighted by Gasteiger charge is 2.44. The third kappa shape index (κ3) is 2.29. The van der Waals surface area contributed by atoms with Crippen molar-refractivity contribution in [3.05, 3.63) is 59.2 Å². The van der Waals surface area contributed by atoms with E-state index in [1.807, 2.05) is 38.6 Å². The van der Waals surface area contributed by atoms with Gasteiger partial charge >= 0.3 is 0 Å². The molecular weight excluding hydrogens is 298 g/mol. The molecule has 2 atom stereocenters. The molecule has 4 rings (SSSR count). The van der Waals surface area contributed by atoms with Crippen molar-refractivity contribution < 1.29 is 4.79 Å². The Balaban J connectivity index is 1.81. The highest BCUT2D eigenvalue weighted by atomic mass is 16.1. The normalized spacial score (nSPS) is 27.5. The summed E-state index contributed by atoms with van der Waals surface area (Å²) in [6.45, 7) is 0. The van der Waals surface area contributed by atoms with Crippen LogP contribution in [0.1, 0.15) is 24.2 Å². The summed E-state index contributed by atoms with van der Waals surface area (Å²) in [4.78, 5) is 15.6. The van der Waals surface area contributed by atoms with Gasteiger partial charge in [0, 0.05) is 61.1 Å². The summed E-state index contributed by atoms with van der Waals surface area (Å²) >= 11 is 0. The van der Waals surface area contributed by atoms with Crippen molar-refractivity contribution in [1.82, 2.24) is 14.0 Å². The topological polar surface area (TPSA) is 30.2 Å². The molecule has 0 aromatic carbocycles. The molecule has 0 N–H and O–H groups in total. The lowest BCUT2D eigenvalue weighted by atomic mass is 9.89. The van der Waals surface area contributed by atoms with Crippen molar-refractivity contribution in [3.8, 4) is 0 Å². The number of aryl methyl sites for hydroxylation is 2. The van der Waals surface area contributed by atoms with E-state index < -0.39 is 0 Å². The highest BCUT2D eigenvalue weighted by Crippen LogP contribution is 2.40. The molecule has 2 saturated heterocycles. The van der Waals surface area contributed by atoms with Gasteiger partial charge in [0.1, 0.15) is 0 Å². The second kappa shape index (κ2) is 5.64. The first-order chi connectivity index (χ1) is 11.6. The molecule has 0 unspecified atom stereocenters. The summed E-state index contributed by atoms with van der Waals surface area (Å²) in [5.74, 6) is 0.211. The Morgan fingerprint density at radius 1 is 0.875 bits per heavy atom. The quantitative estimate of drug-likeness (QED) is 0.796. The van der Waals surface area contributed by atoms with Crippen molar-refractivity contribution in [2.75, 3.05) is 7.05 Å². The molecule has 4 nitrogen and oxygen atoms in total. The lowest BCUT2D eigenvalue weighted by Crippen LogP contribution is -2.43. The van der Waals surface area contributed by atoms with Crippen LogP contribution in [-0.4, -0.2) is 38.9 Å². The predicted octanol–water partition coefficient (Wildman–Crippen LogP) is 2.88. The fourth-order valence-corrected chi connectivity index (χ4v) is 4.05. The van der Waals surface area contributed by atoms with E-state index in [-0.39, 0.29) is 17.9 Å². The molecule has 2 aromatic rings. The Hall–Kier alpha value is -2.33. The molecule has 0 aliphatic carbocycles. The van der Waals surface area contributed by atoms with E-state index in [9.17, 15) is 4.79 Å². The lowest BCUT2D eigenvalue weighted by Gasteiger charge is -2.34. The molecule has 124 valence electrons. The van der Waals surface area contributed by atoms with Crippen molar-refractivity contribution in [3.63, 3.8) is 0 Å². The van der Waals surface area contributed by atoms with Crippen LogP contribution >= 0.6 is 0 Å². The summed E-state index contributed by atoms with van der Waals surface area (Å²) in [5, 5.41) is 0. The van der Waals surface area contributed by atoms with Crippen LogP contribution in [0, 0.1) is 0 Å². The van der Waals surface area contributed by atoms with Gasteiger partial charge in [0.2, 0.25) is 0 Å². The van der Waals surface area contributed by atoms with Crippen molar-refractivity contribution >= 4 is 17.9 Å². The maximum absolute atomic E-state index is 13.2. The predicted molar refractivity (Wildman–Crippen MR) is 96.4 cm³/mol. The molecular formula is C20H23N3O. The minimum absolute atomic E-state index is 0.211. The number of ketones is 1. The number of rotatable bonds is 2. The molecule has 2 aliphatic heterocycles. The zero-order chi connectivity index (χ0) is 16.8. The third-order valence-electron chi connectivity index (χ3n) is 5.51. The number of carbonyl (C=O) groups excluding carboxylic acids is 1. The fraction of sp³-hybridized carbons (Fsp3) is 0.350. The van der Waals surface area contributed by atoms with Crippen molar-refractivity contribution in [2.24, 2.45) is 14.1 Å². The zero-order valence-corrected chi connectivity index (χ0v) is 14.4. The molecule has 2 bridgehead atoms. The average Bonchev–Trinajstić information content (AvgIpc) is 3.22. The third-order valence-corrected chi connectivity index (χ3v) is 5.51. The van der Waals surface area contributed by atoms with E-state index in [2.05, 4.69) is 45.4 Å². The lowest BCUT2D eigenvalue weighted by molar-refractivity contribution is -0.114. The first kappa shape index (κ1) is 15.2. The van der Waals surface area contributed by atoms with Crippen LogP contribution in [-0.2, 0) is 18.9 Å². The standard InChI is InChI=1S/C20H23N3O/c1-21-10-4-6-14(21)12-16-18-8-9-19(23(18)3)17(20(16)24)13-15-7-5-11-22(15)2/h4-7,10-13,18-19H,8-9H2,1-3H3/b16-12+,17-13+/t18-,19+. The Kier molecular flexibility index (Phi) is 3.57. The van der Waals surface area contributed by atoms with Crippen molar-refractivity contribution in [2.45, 2.75) is 24.9 Å². The summed E-state index contributed by atoms with van der Waals surface area (Å²) < 4.78 is 4.11. The Morgan fingerprint density at radius 3 is 1.71 bits per heavy atom. The van der Waals surface area contributed by atoms with Crippen LogP contribution in [0.25, 0.3) is 12.2 Å². The molecule has 0 saturated carbocycles. The van der Waals surface area contributed by atoms with E-state index in [0.29, 0.717) is 0 Å². The monoisotopic (exact) mass is 321 g/mol. The summed E-state index contributed by atoms with van der Waals surface area (Å²) in [6, 6.07) is 8.62. The zero-order valence-electron chi connectivity index (χ0n) is 14.4. The second-order valence-corrected chi connectivity index (χ2v) is 6.89. The summed E-state index contributed by atoms with van der Waals surface area (Å²) in [6.07, 6.45) is 10.3. The molecule has 0 amide bonds. The maximum Gasteiger partial charge on any atom is 0.188 e. The van der Waals surface area contributed by atoms with Crippen LogP contribution < -0.4 is 0 Å². The Bertz CT molecular complexity index is 784. The van der Waals surface area contributed by atoms with Crippen LogP contribution in [0.2, 0.25) is 0 Å². The fourth-order valence-electron chi connectivity index (χ4n) is 4.05. The van der Waals surface area contributed by atoms with Gasteiger partial charge in [-0.2, -0.15) is 0 Å². The van der Waals surface area contributed by atoms with E-state index >= 15 is 0 Å². The van der Waals surface area contributed by atoms with Crippen LogP contribution in [0.3, 0.4) is 0 Å². The maximum atomic E-state index is 13.2.